The minimum Gasteiger partial charge on any atom is -0.506 e. The van der Waals surface area contributed by atoms with Crippen molar-refractivity contribution in [2.45, 2.75) is 32.1 Å². The van der Waals surface area contributed by atoms with Crippen LogP contribution in [0.25, 0.3) is 10.9 Å². The van der Waals surface area contributed by atoms with E-state index in [-0.39, 0.29) is 35.9 Å². The van der Waals surface area contributed by atoms with Gasteiger partial charge in [0.2, 0.25) is 5.56 Å². The van der Waals surface area contributed by atoms with Gasteiger partial charge in [0, 0.05) is 36.7 Å². The van der Waals surface area contributed by atoms with E-state index in [1.807, 2.05) is 73.7 Å². The summed E-state index contributed by atoms with van der Waals surface area (Å²) >= 11 is 0. The molecule has 1 heterocycles. The van der Waals surface area contributed by atoms with E-state index in [1.54, 1.807) is 29.2 Å². The molecule has 5 aromatic rings. The van der Waals surface area contributed by atoms with Gasteiger partial charge in [0.05, 0.1) is 17.7 Å². The quantitative estimate of drug-likeness (QED) is 0.0817. The molecule has 4 aromatic carbocycles. The molecule has 5 rings (SSSR count). The highest BCUT2D eigenvalue weighted by Crippen LogP contribution is 2.29. The van der Waals surface area contributed by atoms with Crippen LogP contribution in [0.1, 0.15) is 58.1 Å². The number of nitrogens with zero attached hydrogens (tertiary/aromatic N) is 1. The van der Waals surface area contributed by atoms with Gasteiger partial charge in [-0.25, -0.2) is 4.79 Å². The molecule has 11 heteroatoms. The lowest BCUT2D eigenvalue weighted by molar-refractivity contribution is 0.0761. The molecule has 0 bridgehead atoms. The van der Waals surface area contributed by atoms with E-state index in [0.29, 0.717) is 48.3 Å². The summed E-state index contributed by atoms with van der Waals surface area (Å²) in [5.74, 6) is 0.457. The topological polar surface area (TPSA) is 164 Å². The van der Waals surface area contributed by atoms with Crippen LogP contribution in [-0.2, 0) is 6.61 Å². The number of carbonyl (C=O) groups excluding carboxylic acids is 1. The molecular formula is C38H40N4O7. The maximum atomic E-state index is 13.2. The van der Waals surface area contributed by atoms with Gasteiger partial charge >= 0.3 is 6.09 Å². The molecule has 0 aliphatic rings. The number of pyridine rings is 1. The lowest BCUT2D eigenvalue weighted by Gasteiger charge is -2.21. The molecule has 0 saturated heterocycles. The standard InChI is InChI=1S/C38H40N4O7/c1-2-42(21-7-20-39-23-33(44)30-16-18-32(43)36-31(30)17-19-34(45)40-36)37(46)27-14-12-25(13-15-27)24-49-29-11-6-10-28(22-29)35(41-38(47)48)26-8-4-3-5-9-26/h3-6,8-19,22,33,35,39,41,43-44H,2,7,20-21,23-24H2,1H3,(H,40,45)(H,47,48)/t33-,35?/m0/s1. The number of hydrogen-bond acceptors (Lipinski definition) is 7. The summed E-state index contributed by atoms with van der Waals surface area (Å²) in [5, 5.41) is 36.6. The van der Waals surface area contributed by atoms with E-state index >= 15 is 0 Å². The van der Waals surface area contributed by atoms with E-state index < -0.39 is 18.2 Å². The van der Waals surface area contributed by atoms with Crippen LogP contribution in [0, 0.1) is 0 Å². The lowest BCUT2D eigenvalue weighted by atomic mass is 9.98. The number of ether oxygens (including phenoxy) is 1. The number of amides is 2. The van der Waals surface area contributed by atoms with Crippen molar-refractivity contribution in [3.8, 4) is 11.5 Å². The Kier molecular flexibility index (Phi) is 11.6. The Morgan fingerprint density at radius 3 is 2.41 bits per heavy atom. The van der Waals surface area contributed by atoms with E-state index in [4.69, 9.17) is 4.74 Å². The van der Waals surface area contributed by atoms with Crippen LogP contribution in [-0.4, -0.2) is 63.4 Å². The van der Waals surface area contributed by atoms with Gasteiger partial charge in [-0.1, -0.05) is 60.7 Å². The van der Waals surface area contributed by atoms with Crippen LogP contribution in [0.4, 0.5) is 4.79 Å². The smallest absolute Gasteiger partial charge is 0.405 e. The van der Waals surface area contributed by atoms with Crippen molar-refractivity contribution in [3.05, 3.63) is 141 Å². The van der Waals surface area contributed by atoms with Crippen LogP contribution in [0.5, 0.6) is 11.5 Å². The summed E-state index contributed by atoms with van der Waals surface area (Å²) in [6.45, 7) is 4.11. The largest absolute Gasteiger partial charge is 0.506 e. The van der Waals surface area contributed by atoms with Crippen LogP contribution in [0.15, 0.2) is 108 Å². The van der Waals surface area contributed by atoms with Crippen molar-refractivity contribution in [1.82, 2.24) is 20.5 Å². The van der Waals surface area contributed by atoms with Crippen LogP contribution in [0.2, 0.25) is 0 Å². The number of carbonyl (C=O) groups is 2. The molecule has 11 nitrogen and oxygen atoms in total. The van der Waals surface area contributed by atoms with Gasteiger partial charge < -0.3 is 40.6 Å². The zero-order valence-electron chi connectivity index (χ0n) is 27.1. The molecule has 0 fully saturated rings. The summed E-state index contributed by atoms with van der Waals surface area (Å²) in [7, 11) is 0. The first-order valence-corrected chi connectivity index (χ1v) is 16.1. The van der Waals surface area contributed by atoms with Crippen LogP contribution >= 0.6 is 0 Å². The second-order valence-corrected chi connectivity index (χ2v) is 11.6. The number of fused-ring (bicyclic) bond motifs is 1. The molecule has 0 aliphatic heterocycles. The van der Waals surface area contributed by atoms with Gasteiger partial charge in [-0.15, -0.1) is 0 Å². The maximum absolute atomic E-state index is 13.2. The predicted octanol–water partition coefficient (Wildman–Crippen LogP) is 5.35. The highest BCUT2D eigenvalue weighted by Gasteiger charge is 2.18. The number of aliphatic hydroxyl groups is 1. The Morgan fingerprint density at radius 2 is 1.67 bits per heavy atom. The molecule has 1 aromatic heterocycles. The zero-order valence-corrected chi connectivity index (χ0v) is 27.1. The average molecular weight is 665 g/mol. The van der Waals surface area contributed by atoms with Crippen molar-refractivity contribution in [1.29, 1.82) is 0 Å². The normalized spacial score (nSPS) is 12.3. The van der Waals surface area contributed by atoms with Gasteiger partial charge in [-0.2, -0.15) is 0 Å². The molecule has 2 atom stereocenters. The number of aromatic nitrogens is 1. The van der Waals surface area contributed by atoms with Gasteiger partial charge in [-0.3, -0.25) is 9.59 Å². The maximum Gasteiger partial charge on any atom is 0.405 e. The fraction of sp³-hybridized carbons (Fsp3) is 0.237. The third-order valence-corrected chi connectivity index (χ3v) is 8.25. The molecular weight excluding hydrogens is 624 g/mol. The molecule has 0 radical (unpaired) electrons. The monoisotopic (exact) mass is 664 g/mol. The second kappa shape index (κ2) is 16.4. The molecule has 0 spiro atoms. The Bertz CT molecular complexity index is 1930. The number of aromatic hydroxyl groups is 1. The molecule has 1 unspecified atom stereocenters. The minimum absolute atomic E-state index is 0.0590. The van der Waals surface area contributed by atoms with Gasteiger partial charge in [-0.05, 0) is 78.5 Å². The number of hydrogen-bond donors (Lipinski definition) is 6. The van der Waals surface area contributed by atoms with Crippen LogP contribution in [0.3, 0.4) is 0 Å². The summed E-state index contributed by atoms with van der Waals surface area (Å²) in [4.78, 5) is 40.8. The van der Waals surface area contributed by atoms with Gasteiger partial charge in [0.1, 0.15) is 18.1 Å². The molecule has 254 valence electrons. The first kappa shape index (κ1) is 34.7. The molecule has 6 N–H and O–H groups in total. The van der Waals surface area contributed by atoms with E-state index in [0.717, 1.165) is 16.7 Å². The summed E-state index contributed by atoms with van der Waals surface area (Å²) in [5.41, 5.74) is 3.56. The predicted molar refractivity (Wildman–Crippen MR) is 187 cm³/mol. The van der Waals surface area contributed by atoms with E-state index in [2.05, 4.69) is 15.6 Å². The number of H-pyrrole nitrogens is 1. The molecule has 2 amide bonds. The second-order valence-electron chi connectivity index (χ2n) is 11.6. The Morgan fingerprint density at radius 1 is 0.918 bits per heavy atom. The van der Waals surface area contributed by atoms with Crippen molar-refractivity contribution in [2.24, 2.45) is 0 Å². The number of phenols is 1. The molecule has 0 aliphatic carbocycles. The zero-order chi connectivity index (χ0) is 34.8. The number of phenolic OH excluding ortho intramolecular Hbond substituents is 1. The number of aliphatic hydroxyl groups excluding tert-OH is 1. The number of carboxylic acid groups (broad SMARTS) is 1. The first-order chi connectivity index (χ1) is 23.7. The summed E-state index contributed by atoms with van der Waals surface area (Å²) in [6.07, 6.45) is -1.30. The van der Waals surface area contributed by atoms with E-state index in [9.17, 15) is 29.7 Å². The number of benzene rings is 4. The first-order valence-electron chi connectivity index (χ1n) is 16.1. The van der Waals surface area contributed by atoms with E-state index in [1.165, 1.54) is 12.1 Å². The highest BCUT2D eigenvalue weighted by atomic mass is 16.5. The fourth-order valence-electron chi connectivity index (χ4n) is 5.70. The molecule has 49 heavy (non-hydrogen) atoms. The Labute approximate surface area is 283 Å². The SMILES string of the molecule is CCN(CCCNC[C@H](O)c1ccc(O)c2[nH]c(=O)ccc12)C(=O)c1ccc(COc2cccc(C(NC(=O)O)c3ccccc3)c2)cc1. The molecule has 0 saturated carbocycles. The van der Waals surface area contributed by atoms with Crippen LogP contribution < -0.4 is 20.9 Å². The fourth-order valence-corrected chi connectivity index (χ4v) is 5.70. The summed E-state index contributed by atoms with van der Waals surface area (Å²) < 4.78 is 6.02. The number of nitrogens with one attached hydrogen (secondary N) is 3. The van der Waals surface area contributed by atoms with Crippen molar-refractivity contribution >= 4 is 22.9 Å². The van der Waals surface area contributed by atoms with Gasteiger partial charge in [0.15, 0.2) is 0 Å². The van der Waals surface area contributed by atoms with Gasteiger partial charge in [0.25, 0.3) is 5.91 Å². The lowest BCUT2D eigenvalue weighted by Crippen LogP contribution is -2.33. The number of rotatable bonds is 15. The third-order valence-electron chi connectivity index (χ3n) is 8.25. The Balaban J connectivity index is 1.10. The van der Waals surface area contributed by atoms with Crippen molar-refractivity contribution in [3.63, 3.8) is 0 Å². The highest BCUT2D eigenvalue weighted by molar-refractivity contribution is 5.94. The number of aromatic amines is 1. The average Bonchev–Trinajstić information content (AvgIpc) is 3.12. The summed E-state index contributed by atoms with van der Waals surface area (Å²) in [6, 6.07) is 29.4. The third kappa shape index (κ3) is 9.04. The van der Waals surface area contributed by atoms with Crippen molar-refractivity contribution in [2.75, 3.05) is 26.2 Å². The Hall–Kier alpha value is -5.65. The minimum atomic E-state index is -1.12. The van der Waals surface area contributed by atoms with Crippen molar-refractivity contribution < 1.29 is 29.6 Å².